The van der Waals surface area contributed by atoms with Crippen molar-refractivity contribution in [2.75, 3.05) is 25.5 Å². The van der Waals surface area contributed by atoms with Crippen LogP contribution in [0.15, 0.2) is 42.7 Å². The Labute approximate surface area is 120 Å². The number of hydrogen-bond donors (Lipinski definition) is 1. The number of nitrogens with one attached hydrogen (secondary N) is 1. The van der Waals surface area contributed by atoms with Crippen molar-refractivity contribution in [1.82, 2.24) is 14.5 Å². The summed E-state index contributed by atoms with van der Waals surface area (Å²) < 4.78 is 2.28. The van der Waals surface area contributed by atoms with Gasteiger partial charge in [-0.05, 0) is 18.4 Å². The molecule has 0 bridgehead atoms. The molecule has 4 nitrogen and oxygen atoms in total. The minimum atomic E-state index is 0.576. The average molecular weight is 270 g/mol. The third kappa shape index (κ3) is 2.85. The van der Waals surface area contributed by atoms with E-state index < -0.39 is 0 Å². The smallest absolute Gasteiger partial charge is 0.202 e. The number of imidazole rings is 1. The van der Waals surface area contributed by atoms with E-state index in [1.807, 2.05) is 13.2 Å². The zero-order valence-electron chi connectivity index (χ0n) is 12.0. The molecule has 1 aliphatic rings. The van der Waals surface area contributed by atoms with Crippen molar-refractivity contribution in [1.29, 1.82) is 0 Å². The van der Waals surface area contributed by atoms with Crippen LogP contribution in [0.1, 0.15) is 24.4 Å². The standard InChI is InChI=1S/C16H22N4/c1-17-16-18-9-12-20(16)15-7-10-19(11-8-15)13-14-5-3-2-4-6-14/h2-6,9,12,15H,7-8,10-11,13H2,1H3,(H,17,18). The molecular formula is C16H22N4. The molecule has 2 heterocycles. The van der Waals surface area contributed by atoms with Gasteiger partial charge in [-0.1, -0.05) is 30.3 Å². The summed E-state index contributed by atoms with van der Waals surface area (Å²) in [5.41, 5.74) is 1.41. The van der Waals surface area contributed by atoms with Gasteiger partial charge < -0.3 is 9.88 Å². The van der Waals surface area contributed by atoms with Gasteiger partial charge in [0.1, 0.15) is 0 Å². The first-order valence-electron chi connectivity index (χ1n) is 7.33. The summed E-state index contributed by atoms with van der Waals surface area (Å²) >= 11 is 0. The van der Waals surface area contributed by atoms with E-state index in [2.05, 4.69) is 56.3 Å². The topological polar surface area (TPSA) is 33.1 Å². The third-order valence-corrected chi connectivity index (χ3v) is 4.09. The van der Waals surface area contributed by atoms with E-state index in [9.17, 15) is 0 Å². The Bertz CT molecular complexity index is 526. The van der Waals surface area contributed by atoms with Crippen LogP contribution in [0.3, 0.4) is 0 Å². The van der Waals surface area contributed by atoms with Gasteiger partial charge in [-0.15, -0.1) is 0 Å². The fraction of sp³-hybridized carbons (Fsp3) is 0.438. The van der Waals surface area contributed by atoms with E-state index in [-0.39, 0.29) is 0 Å². The fourth-order valence-corrected chi connectivity index (χ4v) is 3.00. The first-order valence-corrected chi connectivity index (χ1v) is 7.33. The quantitative estimate of drug-likeness (QED) is 0.927. The Morgan fingerprint density at radius 2 is 1.95 bits per heavy atom. The molecule has 0 radical (unpaired) electrons. The van der Waals surface area contributed by atoms with Crippen LogP contribution < -0.4 is 5.32 Å². The molecule has 1 saturated heterocycles. The summed E-state index contributed by atoms with van der Waals surface area (Å²) in [4.78, 5) is 6.88. The summed E-state index contributed by atoms with van der Waals surface area (Å²) in [5, 5.41) is 3.16. The van der Waals surface area contributed by atoms with Crippen LogP contribution in [-0.2, 0) is 6.54 Å². The molecular weight excluding hydrogens is 248 g/mol. The number of rotatable bonds is 4. The molecule has 0 aliphatic carbocycles. The number of aromatic nitrogens is 2. The van der Waals surface area contributed by atoms with E-state index in [1.165, 1.54) is 18.4 Å². The molecule has 0 atom stereocenters. The molecule has 0 amide bonds. The number of anilines is 1. The molecule has 1 aromatic carbocycles. The highest BCUT2D eigenvalue weighted by atomic mass is 15.2. The molecule has 1 aromatic heterocycles. The van der Waals surface area contributed by atoms with Crippen molar-refractivity contribution < 1.29 is 0 Å². The maximum atomic E-state index is 4.33. The predicted octanol–water partition coefficient (Wildman–Crippen LogP) is 2.76. The zero-order valence-corrected chi connectivity index (χ0v) is 12.0. The van der Waals surface area contributed by atoms with Crippen molar-refractivity contribution in [3.63, 3.8) is 0 Å². The minimum absolute atomic E-state index is 0.576. The second-order valence-corrected chi connectivity index (χ2v) is 5.40. The predicted molar refractivity (Wildman–Crippen MR) is 81.8 cm³/mol. The summed E-state index contributed by atoms with van der Waals surface area (Å²) in [6, 6.07) is 11.3. The van der Waals surface area contributed by atoms with Crippen LogP contribution >= 0.6 is 0 Å². The Balaban J connectivity index is 1.57. The molecule has 1 fully saturated rings. The molecule has 0 unspecified atom stereocenters. The molecule has 4 heteroatoms. The van der Waals surface area contributed by atoms with Crippen LogP contribution in [0.4, 0.5) is 5.95 Å². The van der Waals surface area contributed by atoms with Crippen LogP contribution in [0, 0.1) is 0 Å². The highest BCUT2D eigenvalue weighted by Gasteiger charge is 2.21. The van der Waals surface area contributed by atoms with Crippen molar-refractivity contribution in [2.24, 2.45) is 0 Å². The van der Waals surface area contributed by atoms with Gasteiger partial charge >= 0.3 is 0 Å². The lowest BCUT2D eigenvalue weighted by atomic mass is 10.0. The first-order chi connectivity index (χ1) is 9.86. The van der Waals surface area contributed by atoms with Crippen LogP contribution in [0.2, 0.25) is 0 Å². The minimum Gasteiger partial charge on any atom is -0.359 e. The summed E-state index contributed by atoms with van der Waals surface area (Å²) in [6.07, 6.45) is 6.35. The zero-order chi connectivity index (χ0) is 13.8. The average Bonchev–Trinajstić information content (AvgIpc) is 2.98. The maximum Gasteiger partial charge on any atom is 0.202 e. The SMILES string of the molecule is CNc1nccn1C1CCN(Cc2ccccc2)CC1. The van der Waals surface area contributed by atoms with Gasteiger partial charge in [0.2, 0.25) is 5.95 Å². The lowest BCUT2D eigenvalue weighted by Crippen LogP contribution is -2.34. The van der Waals surface area contributed by atoms with Crippen molar-refractivity contribution in [3.8, 4) is 0 Å². The fourth-order valence-electron chi connectivity index (χ4n) is 3.00. The van der Waals surface area contributed by atoms with Gasteiger partial charge in [0, 0.05) is 45.1 Å². The first kappa shape index (κ1) is 13.2. The second kappa shape index (κ2) is 6.09. The van der Waals surface area contributed by atoms with Crippen LogP contribution in [0.25, 0.3) is 0 Å². The lowest BCUT2D eigenvalue weighted by molar-refractivity contribution is 0.180. The summed E-state index contributed by atoms with van der Waals surface area (Å²) in [6.45, 7) is 3.37. The largest absolute Gasteiger partial charge is 0.359 e. The van der Waals surface area contributed by atoms with E-state index in [0.717, 1.165) is 25.6 Å². The molecule has 1 aliphatic heterocycles. The van der Waals surface area contributed by atoms with Crippen LogP contribution in [0.5, 0.6) is 0 Å². The Morgan fingerprint density at radius 3 is 2.65 bits per heavy atom. The van der Waals surface area contributed by atoms with Crippen LogP contribution in [-0.4, -0.2) is 34.6 Å². The lowest BCUT2D eigenvalue weighted by Gasteiger charge is -2.33. The molecule has 2 aromatic rings. The van der Waals surface area contributed by atoms with E-state index in [4.69, 9.17) is 0 Å². The van der Waals surface area contributed by atoms with Gasteiger partial charge in [-0.25, -0.2) is 4.98 Å². The Morgan fingerprint density at radius 1 is 1.20 bits per heavy atom. The van der Waals surface area contributed by atoms with E-state index in [0.29, 0.717) is 6.04 Å². The molecule has 3 rings (SSSR count). The molecule has 0 spiro atoms. The maximum absolute atomic E-state index is 4.33. The van der Waals surface area contributed by atoms with Crippen molar-refractivity contribution in [3.05, 3.63) is 48.3 Å². The Hall–Kier alpha value is -1.81. The molecule has 20 heavy (non-hydrogen) atoms. The number of hydrogen-bond acceptors (Lipinski definition) is 3. The summed E-state index contributed by atoms with van der Waals surface area (Å²) in [5.74, 6) is 0.978. The number of benzene rings is 1. The van der Waals surface area contributed by atoms with Gasteiger partial charge in [0.05, 0.1) is 0 Å². The normalized spacial score (nSPS) is 17.2. The highest BCUT2D eigenvalue weighted by molar-refractivity contribution is 5.25. The van der Waals surface area contributed by atoms with Gasteiger partial charge in [0.25, 0.3) is 0 Å². The van der Waals surface area contributed by atoms with Gasteiger partial charge in [-0.2, -0.15) is 0 Å². The van der Waals surface area contributed by atoms with Gasteiger partial charge in [-0.3, -0.25) is 4.90 Å². The third-order valence-electron chi connectivity index (χ3n) is 4.09. The monoisotopic (exact) mass is 270 g/mol. The number of piperidine rings is 1. The van der Waals surface area contributed by atoms with Gasteiger partial charge in [0.15, 0.2) is 0 Å². The van der Waals surface area contributed by atoms with E-state index in [1.54, 1.807) is 0 Å². The van der Waals surface area contributed by atoms with E-state index >= 15 is 0 Å². The summed E-state index contributed by atoms with van der Waals surface area (Å²) in [7, 11) is 1.93. The molecule has 106 valence electrons. The second-order valence-electron chi connectivity index (χ2n) is 5.40. The number of likely N-dealkylation sites (tertiary alicyclic amines) is 1. The number of nitrogens with zero attached hydrogens (tertiary/aromatic N) is 3. The molecule has 1 N–H and O–H groups in total. The Kier molecular flexibility index (Phi) is 4.02. The highest BCUT2D eigenvalue weighted by Crippen LogP contribution is 2.26. The van der Waals surface area contributed by atoms with Crippen molar-refractivity contribution >= 4 is 5.95 Å². The molecule has 0 saturated carbocycles. The van der Waals surface area contributed by atoms with Crippen molar-refractivity contribution in [2.45, 2.75) is 25.4 Å².